The first kappa shape index (κ1) is 15.8. The van der Waals surface area contributed by atoms with Crippen LogP contribution in [-0.2, 0) is 16.6 Å². The van der Waals surface area contributed by atoms with Crippen LogP contribution in [0.3, 0.4) is 0 Å². The van der Waals surface area contributed by atoms with Crippen LogP contribution in [0.4, 0.5) is 5.69 Å². The van der Waals surface area contributed by atoms with Gasteiger partial charge in [0.15, 0.2) is 0 Å². The number of sulfonamides is 1. The third-order valence-corrected chi connectivity index (χ3v) is 3.41. The summed E-state index contributed by atoms with van der Waals surface area (Å²) in [4.78, 5) is 25.9. The van der Waals surface area contributed by atoms with Gasteiger partial charge < -0.3 is 10.3 Å². The number of hydrogen-bond acceptors (Lipinski definition) is 4. The molecule has 8 heteroatoms. The Labute approximate surface area is 127 Å². The Morgan fingerprint density at radius 3 is 2.59 bits per heavy atom. The van der Waals surface area contributed by atoms with Gasteiger partial charge in [0, 0.05) is 12.7 Å². The Hall–Kier alpha value is -2.61. The summed E-state index contributed by atoms with van der Waals surface area (Å²) in [6.07, 6.45) is 2.48. The number of carbonyl (C=O) groups is 1. The monoisotopic (exact) mass is 321 g/mol. The van der Waals surface area contributed by atoms with Gasteiger partial charge in [0.25, 0.3) is 11.5 Å². The lowest BCUT2D eigenvalue weighted by atomic mass is 10.2. The van der Waals surface area contributed by atoms with E-state index in [-0.39, 0.29) is 12.1 Å². The molecule has 0 spiro atoms. The zero-order valence-corrected chi connectivity index (χ0v) is 12.6. The molecule has 3 N–H and O–H groups in total. The molecule has 0 aliphatic rings. The number of rotatable bonds is 5. The van der Waals surface area contributed by atoms with Gasteiger partial charge in [-0.2, -0.15) is 0 Å². The van der Waals surface area contributed by atoms with Crippen LogP contribution >= 0.6 is 0 Å². The summed E-state index contributed by atoms with van der Waals surface area (Å²) in [7, 11) is -3.41. The first-order chi connectivity index (χ1) is 10.4. The second kappa shape index (κ2) is 6.44. The molecular formula is C14H15N3O4S. The minimum atomic E-state index is -3.41. The Morgan fingerprint density at radius 2 is 1.91 bits per heavy atom. The zero-order valence-electron chi connectivity index (χ0n) is 11.8. The third-order valence-electron chi connectivity index (χ3n) is 2.81. The molecule has 1 heterocycles. The lowest BCUT2D eigenvalue weighted by molar-refractivity contribution is 0.0949. The fraction of sp³-hybridized carbons (Fsp3) is 0.143. The molecule has 0 saturated carbocycles. The molecule has 0 saturated heterocycles. The van der Waals surface area contributed by atoms with Gasteiger partial charge >= 0.3 is 0 Å². The van der Waals surface area contributed by atoms with Crippen LogP contribution in [0.25, 0.3) is 0 Å². The topological polar surface area (TPSA) is 108 Å². The molecule has 0 radical (unpaired) electrons. The summed E-state index contributed by atoms with van der Waals surface area (Å²) < 4.78 is 25.0. The lowest BCUT2D eigenvalue weighted by Crippen LogP contribution is -2.29. The normalized spacial score (nSPS) is 11.0. The molecule has 1 amide bonds. The summed E-state index contributed by atoms with van der Waals surface area (Å²) in [6, 6.07) is 9.65. The van der Waals surface area contributed by atoms with Crippen molar-refractivity contribution in [3.05, 3.63) is 64.1 Å². The first-order valence-electron chi connectivity index (χ1n) is 6.38. The number of carbonyl (C=O) groups excluding carboxylic acids is 1. The largest absolute Gasteiger partial charge is 0.348 e. The second-order valence-electron chi connectivity index (χ2n) is 4.63. The molecule has 0 bridgehead atoms. The minimum absolute atomic E-state index is 0.00365. The van der Waals surface area contributed by atoms with Gasteiger partial charge in [-0.1, -0.05) is 18.2 Å². The van der Waals surface area contributed by atoms with Crippen LogP contribution < -0.4 is 15.6 Å². The third kappa shape index (κ3) is 4.19. The zero-order chi connectivity index (χ0) is 16.2. The van der Waals surface area contributed by atoms with Gasteiger partial charge in [-0.05, 0) is 23.8 Å². The predicted molar refractivity (Wildman–Crippen MR) is 83.1 cm³/mol. The van der Waals surface area contributed by atoms with E-state index in [1.54, 1.807) is 30.3 Å². The van der Waals surface area contributed by atoms with Crippen LogP contribution in [0.5, 0.6) is 0 Å². The molecule has 2 aromatic rings. The maximum Gasteiger partial charge on any atom is 0.260 e. The van der Waals surface area contributed by atoms with Crippen molar-refractivity contribution in [2.24, 2.45) is 0 Å². The SMILES string of the molecule is CS(=O)(=O)Nc1ccccc1CNC(=O)c1ccc[nH]c1=O. The summed E-state index contributed by atoms with van der Waals surface area (Å²) in [5.74, 6) is -0.531. The van der Waals surface area contributed by atoms with Crippen molar-refractivity contribution in [3.63, 3.8) is 0 Å². The van der Waals surface area contributed by atoms with Crippen LogP contribution in [-0.4, -0.2) is 25.6 Å². The number of pyridine rings is 1. The molecule has 0 aliphatic heterocycles. The van der Waals surface area contributed by atoms with E-state index in [4.69, 9.17) is 0 Å². The Kier molecular flexibility index (Phi) is 4.62. The van der Waals surface area contributed by atoms with E-state index in [0.29, 0.717) is 11.3 Å². The molecule has 1 aromatic heterocycles. The summed E-state index contributed by atoms with van der Waals surface area (Å²) in [5.41, 5.74) is 0.486. The van der Waals surface area contributed by atoms with Crippen molar-refractivity contribution >= 4 is 21.6 Å². The van der Waals surface area contributed by atoms with E-state index in [0.717, 1.165) is 6.26 Å². The average molecular weight is 321 g/mol. The highest BCUT2D eigenvalue weighted by Crippen LogP contribution is 2.16. The Morgan fingerprint density at radius 1 is 1.18 bits per heavy atom. The van der Waals surface area contributed by atoms with Crippen LogP contribution in [0.15, 0.2) is 47.4 Å². The van der Waals surface area contributed by atoms with Crippen molar-refractivity contribution in [2.75, 3.05) is 11.0 Å². The maximum absolute atomic E-state index is 12.0. The maximum atomic E-state index is 12.0. The van der Waals surface area contributed by atoms with Crippen LogP contribution in [0, 0.1) is 0 Å². The predicted octanol–water partition coefficient (Wildman–Crippen LogP) is 0.676. The minimum Gasteiger partial charge on any atom is -0.348 e. The van der Waals surface area contributed by atoms with Gasteiger partial charge in [0.1, 0.15) is 5.56 Å². The Balaban J connectivity index is 2.14. The molecular weight excluding hydrogens is 306 g/mol. The molecule has 0 atom stereocenters. The fourth-order valence-electron chi connectivity index (χ4n) is 1.84. The number of anilines is 1. The summed E-state index contributed by atoms with van der Waals surface area (Å²) in [5, 5.41) is 2.59. The van der Waals surface area contributed by atoms with Crippen molar-refractivity contribution < 1.29 is 13.2 Å². The van der Waals surface area contributed by atoms with Crippen molar-refractivity contribution in [1.82, 2.24) is 10.3 Å². The van der Waals surface area contributed by atoms with E-state index >= 15 is 0 Å². The number of amides is 1. The average Bonchev–Trinajstić information content (AvgIpc) is 2.45. The number of nitrogens with one attached hydrogen (secondary N) is 3. The van der Waals surface area contributed by atoms with Gasteiger partial charge in [0.05, 0.1) is 11.9 Å². The fourth-order valence-corrected chi connectivity index (χ4v) is 2.44. The van der Waals surface area contributed by atoms with Crippen molar-refractivity contribution in [1.29, 1.82) is 0 Å². The second-order valence-corrected chi connectivity index (χ2v) is 6.38. The molecule has 1 aromatic carbocycles. The quantitative estimate of drug-likeness (QED) is 0.752. The van der Waals surface area contributed by atoms with E-state index in [1.807, 2.05) is 0 Å². The first-order valence-corrected chi connectivity index (χ1v) is 8.27. The van der Waals surface area contributed by atoms with Crippen LogP contribution in [0.2, 0.25) is 0 Å². The highest BCUT2D eigenvalue weighted by atomic mass is 32.2. The van der Waals surface area contributed by atoms with Crippen molar-refractivity contribution in [3.8, 4) is 0 Å². The molecule has 0 unspecified atom stereocenters. The molecule has 2 rings (SSSR count). The molecule has 0 fully saturated rings. The Bertz CT molecular complexity index is 843. The van der Waals surface area contributed by atoms with Gasteiger partial charge in [-0.25, -0.2) is 8.42 Å². The number of H-pyrrole nitrogens is 1. The highest BCUT2D eigenvalue weighted by molar-refractivity contribution is 7.92. The molecule has 22 heavy (non-hydrogen) atoms. The van der Waals surface area contributed by atoms with Gasteiger partial charge in [-0.3, -0.25) is 14.3 Å². The number of hydrogen-bond donors (Lipinski definition) is 3. The standard InChI is InChI=1S/C14H15N3O4S/c1-22(20,21)17-12-7-3-2-5-10(12)9-16-14(19)11-6-4-8-15-13(11)18/h2-8,17H,9H2,1H3,(H,15,18)(H,16,19). The molecule has 116 valence electrons. The van der Waals surface area contributed by atoms with Crippen molar-refractivity contribution in [2.45, 2.75) is 6.54 Å². The van der Waals surface area contributed by atoms with E-state index < -0.39 is 21.5 Å². The number of aromatic nitrogens is 1. The van der Waals surface area contributed by atoms with Gasteiger partial charge in [0.2, 0.25) is 10.0 Å². The van der Waals surface area contributed by atoms with E-state index in [2.05, 4.69) is 15.0 Å². The van der Waals surface area contributed by atoms with Crippen LogP contribution in [0.1, 0.15) is 15.9 Å². The number of benzene rings is 1. The van der Waals surface area contributed by atoms with E-state index in [9.17, 15) is 18.0 Å². The molecule has 7 nitrogen and oxygen atoms in total. The number of aromatic amines is 1. The lowest BCUT2D eigenvalue weighted by Gasteiger charge is -2.11. The summed E-state index contributed by atoms with van der Waals surface area (Å²) >= 11 is 0. The summed E-state index contributed by atoms with van der Waals surface area (Å²) in [6.45, 7) is 0.0891. The smallest absolute Gasteiger partial charge is 0.260 e. The highest BCUT2D eigenvalue weighted by Gasteiger charge is 2.11. The number of para-hydroxylation sites is 1. The molecule has 0 aliphatic carbocycles. The van der Waals surface area contributed by atoms with E-state index in [1.165, 1.54) is 12.3 Å². The van der Waals surface area contributed by atoms with Gasteiger partial charge in [-0.15, -0.1) is 0 Å².